The van der Waals surface area contributed by atoms with E-state index in [1.54, 1.807) is 0 Å². The number of nitrogens with one attached hydrogen (secondary N) is 3. The van der Waals surface area contributed by atoms with Crippen molar-refractivity contribution in [3.05, 3.63) is 41.1 Å². The Morgan fingerprint density at radius 3 is 2.61 bits per heavy atom. The normalized spacial score (nSPS) is 17.5. The highest BCUT2D eigenvalue weighted by atomic mass is 19.4. The fourth-order valence-electron chi connectivity index (χ4n) is 3.18. The summed E-state index contributed by atoms with van der Waals surface area (Å²) in [5.41, 5.74) is 1.44. The monoisotopic (exact) mass is 438 g/mol. The molecular weight excluding hydrogens is 416 g/mol. The lowest BCUT2D eigenvalue weighted by molar-refractivity contribution is -0.136. The standard InChI is InChI=1S/C13H9F4N5.C6H13N3/c1-6-19-12-8(13(15,16)17)5-11(21-22(12)20-6)7-2-3-10(18)9(14)4-7;1-7-9-6-2-4-8-5-3-6/h2,4-5,18H,3H2,1H3;6,8-9H,1-5H2. The Bertz CT molecular complexity index is 1030. The summed E-state index contributed by atoms with van der Waals surface area (Å²) in [4.78, 5) is 3.72. The topological polar surface area (TPSA) is 103 Å². The van der Waals surface area contributed by atoms with E-state index in [9.17, 15) is 17.6 Å². The van der Waals surface area contributed by atoms with Crippen LogP contribution in [-0.2, 0) is 6.18 Å². The number of hydrogen-bond donors (Lipinski definition) is 3. The number of aromatic nitrogens is 4. The molecule has 0 radical (unpaired) electrons. The maximum Gasteiger partial charge on any atom is 0.420 e. The van der Waals surface area contributed by atoms with Gasteiger partial charge in [-0.15, -0.1) is 14.8 Å². The first-order valence-electron chi connectivity index (χ1n) is 9.58. The second-order valence-corrected chi connectivity index (χ2v) is 7.06. The number of alkyl halides is 3. The zero-order valence-electron chi connectivity index (χ0n) is 16.8. The van der Waals surface area contributed by atoms with Gasteiger partial charge in [0.2, 0.25) is 0 Å². The zero-order valence-corrected chi connectivity index (χ0v) is 16.8. The number of rotatable bonds is 3. The van der Waals surface area contributed by atoms with Gasteiger partial charge in [-0.3, -0.25) is 0 Å². The quantitative estimate of drug-likeness (QED) is 0.388. The van der Waals surface area contributed by atoms with Gasteiger partial charge in [-0.1, -0.05) is 6.08 Å². The molecule has 0 saturated carbocycles. The van der Waals surface area contributed by atoms with Crippen molar-refractivity contribution in [2.45, 2.75) is 38.4 Å². The van der Waals surface area contributed by atoms with Crippen LogP contribution in [0.15, 0.2) is 29.1 Å². The van der Waals surface area contributed by atoms with E-state index in [0.29, 0.717) is 6.04 Å². The largest absolute Gasteiger partial charge is 0.420 e. The molecule has 31 heavy (non-hydrogen) atoms. The maximum absolute atomic E-state index is 13.5. The summed E-state index contributed by atoms with van der Waals surface area (Å²) < 4.78 is 53.8. The molecule has 4 rings (SSSR count). The van der Waals surface area contributed by atoms with Gasteiger partial charge in [0.25, 0.3) is 0 Å². The van der Waals surface area contributed by atoms with Crippen LogP contribution in [0.1, 0.15) is 36.3 Å². The van der Waals surface area contributed by atoms with E-state index in [1.807, 2.05) is 0 Å². The number of piperidine rings is 1. The Labute approximate surface area is 175 Å². The van der Waals surface area contributed by atoms with Gasteiger partial charge in [-0.05, 0) is 45.0 Å². The molecule has 8 nitrogen and oxygen atoms in total. The average Bonchev–Trinajstić information content (AvgIpc) is 3.10. The molecule has 1 fully saturated rings. The van der Waals surface area contributed by atoms with Crippen LogP contribution in [0, 0.1) is 12.3 Å². The summed E-state index contributed by atoms with van der Waals surface area (Å²) in [5.74, 6) is -0.640. The third-order valence-electron chi connectivity index (χ3n) is 4.73. The number of halogens is 4. The van der Waals surface area contributed by atoms with Gasteiger partial charge in [0.05, 0.1) is 11.4 Å². The molecule has 1 aliphatic carbocycles. The summed E-state index contributed by atoms with van der Waals surface area (Å²) in [7, 11) is 0. The van der Waals surface area contributed by atoms with Crippen LogP contribution in [0.2, 0.25) is 0 Å². The molecule has 1 aliphatic heterocycles. The second-order valence-electron chi connectivity index (χ2n) is 7.06. The second kappa shape index (κ2) is 9.33. The van der Waals surface area contributed by atoms with Crippen LogP contribution in [0.5, 0.6) is 0 Å². The molecule has 3 N–H and O–H groups in total. The number of hydrogen-bond acceptors (Lipinski definition) is 7. The van der Waals surface area contributed by atoms with Crippen LogP contribution in [0.3, 0.4) is 0 Å². The molecule has 0 atom stereocenters. The third kappa shape index (κ3) is 5.51. The Morgan fingerprint density at radius 1 is 1.29 bits per heavy atom. The van der Waals surface area contributed by atoms with Gasteiger partial charge < -0.3 is 16.2 Å². The van der Waals surface area contributed by atoms with E-state index in [4.69, 9.17) is 5.41 Å². The lowest BCUT2D eigenvalue weighted by Crippen LogP contribution is -2.37. The number of hydrazone groups is 1. The van der Waals surface area contributed by atoms with Crippen molar-refractivity contribution in [2.24, 2.45) is 5.10 Å². The molecular formula is C19H22F4N8. The van der Waals surface area contributed by atoms with Gasteiger partial charge in [0, 0.05) is 24.8 Å². The SMILES string of the molecule is C=NNC1CCNCC1.Cc1nc2c(C(F)(F)F)cc(C3=CCC(=N)C(F)=C3)nn2n1. The van der Waals surface area contributed by atoms with Crippen molar-refractivity contribution >= 4 is 23.6 Å². The van der Waals surface area contributed by atoms with Crippen LogP contribution < -0.4 is 10.7 Å². The molecule has 0 aromatic carbocycles. The maximum atomic E-state index is 13.5. The van der Waals surface area contributed by atoms with Gasteiger partial charge in [-0.25, -0.2) is 9.37 Å². The van der Waals surface area contributed by atoms with E-state index < -0.39 is 23.2 Å². The van der Waals surface area contributed by atoms with E-state index >= 15 is 0 Å². The van der Waals surface area contributed by atoms with Gasteiger partial charge in [0.1, 0.15) is 17.2 Å². The molecule has 1 saturated heterocycles. The van der Waals surface area contributed by atoms with Crippen molar-refractivity contribution in [1.82, 2.24) is 30.6 Å². The molecule has 3 heterocycles. The Balaban J connectivity index is 0.000000254. The smallest absolute Gasteiger partial charge is 0.317 e. The number of aryl methyl sites for hydroxylation is 1. The minimum absolute atomic E-state index is 0.00484. The van der Waals surface area contributed by atoms with E-state index in [2.05, 4.69) is 37.7 Å². The summed E-state index contributed by atoms with van der Waals surface area (Å²) in [6.45, 7) is 7.04. The molecule has 0 spiro atoms. The van der Waals surface area contributed by atoms with E-state index in [1.165, 1.54) is 25.8 Å². The van der Waals surface area contributed by atoms with Crippen molar-refractivity contribution < 1.29 is 17.6 Å². The minimum Gasteiger partial charge on any atom is -0.317 e. The van der Waals surface area contributed by atoms with Crippen molar-refractivity contribution in [3.8, 4) is 0 Å². The van der Waals surface area contributed by atoms with Crippen LogP contribution in [0.25, 0.3) is 11.2 Å². The van der Waals surface area contributed by atoms with Crippen molar-refractivity contribution in [3.63, 3.8) is 0 Å². The lowest BCUT2D eigenvalue weighted by atomic mass is 10.0. The summed E-state index contributed by atoms with van der Waals surface area (Å²) in [5, 5.41) is 21.9. The molecule has 166 valence electrons. The first kappa shape index (κ1) is 22.5. The third-order valence-corrected chi connectivity index (χ3v) is 4.73. The predicted octanol–water partition coefficient (Wildman–Crippen LogP) is 3.06. The highest BCUT2D eigenvalue weighted by Crippen LogP contribution is 2.34. The van der Waals surface area contributed by atoms with Gasteiger partial charge in [-0.2, -0.15) is 18.3 Å². The molecule has 2 aliphatic rings. The van der Waals surface area contributed by atoms with Crippen molar-refractivity contribution in [1.29, 1.82) is 5.41 Å². The fraction of sp³-hybridized carbons (Fsp3) is 0.421. The van der Waals surface area contributed by atoms with E-state index in [-0.39, 0.29) is 29.2 Å². The first-order chi connectivity index (χ1) is 14.7. The summed E-state index contributed by atoms with van der Waals surface area (Å²) in [6.07, 6.45) is 0.128. The molecule has 12 heteroatoms. The Morgan fingerprint density at radius 2 is 2.00 bits per heavy atom. The summed E-state index contributed by atoms with van der Waals surface area (Å²) >= 11 is 0. The number of fused-ring (bicyclic) bond motifs is 1. The van der Waals surface area contributed by atoms with Crippen molar-refractivity contribution in [2.75, 3.05) is 13.1 Å². The predicted molar refractivity (Wildman–Crippen MR) is 109 cm³/mol. The first-order valence-corrected chi connectivity index (χ1v) is 9.58. The van der Waals surface area contributed by atoms with Crippen LogP contribution >= 0.6 is 0 Å². The van der Waals surface area contributed by atoms with E-state index in [0.717, 1.165) is 29.9 Å². The van der Waals surface area contributed by atoms with Gasteiger partial charge >= 0.3 is 6.18 Å². The molecule has 0 unspecified atom stereocenters. The average molecular weight is 438 g/mol. The summed E-state index contributed by atoms with van der Waals surface area (Å²) in [6, 6.07) is 1.37. The lowest BCUT2D eigenvalue weighted by Gasteiger charge is -2.21. The molecule has 0 bridgehead atoms. The van der Waals surface area contributed by atoms with Crippen LogP contribution in [0.4, 0.5) is 17.6 Å². The Kier molecular flexibility index (Phi) is 6.78. The highest BCUT2D eigenvalue weighted by Gasteiger charge is 2.35. The number of nitrogens with zero attached hydrogens (tertiary/aromatic N) is 5. The minimum atomic E-state index is -4.64. The fourth-order valence-corrected chi connectivity index (χ4v) is 3.18. The molecule has 2 aromatic heterocycles. The van der Waals surface area contributed by atoms with Gasteiger partial charge in [0.15, 0.2) is 5.65 Å². The molecule has 0 amide bonds. The highest BCUT2D eigenvalue weighted by molar-refractivity contribution is 6.02. The number of allylic oxidation sites excluding steroid dienone is 4. The van der Waals surface area contributed by atoms with Crippen LogP contribution in [-0.4, -0.2) is 51.4 Å². The zero-order chi connectivity index (χ0) is 22.6. The Hall–Kier alpha value is -3.15. The molecule has 2 aromatic rings.